The van der Waals surface area contributed by atoms with Gasteiger partial charge in [0.15, 0.2) is 0 Å². The van der Waals surface area contributed by atoms with Crippen molar-refractivity contribution in [3.63, 3.8) is 0 Å². The van der Waals surface area contributed by atoms with Gasteiger partial charge in [-0.05, 0) is 47.7 Å². The molecule has 0 unspecified atom stereocenters. The molecule has 0 spiro atoms. The largest absolute Gasteiger partial charge is 0.449 e. The first-order valence-corrected chi connectivity index (χ1v) is 11.8. The highest BCUT2D eigenvalue weighted by atomic mass is 79.9. The number of para-hydroxylation sites is 1. The van der Waals surface area contributed by atoms with Crippen molar-refractivity contribution in [3.05, 3.63) is 103 Å². The number of hydrogen-bond acceptors (Lipinski definition) is 6. The maximum atomic E-state index is 13.0. The predicted molar refractivity (Wildman–Crippen MR) is 130 cm³/mol. The second-order valence-corrected chi connectivity index (χ2v) is 9.28. The first-order chi connectivity index (χ1) is 17.0. The second kappa shape index (κ2) is 10.2. The van der Waals surface area contributed by atoms with Gasteiger partial charge in [0.2, 0.25) is 5.75 Å². The number of halogens is 4. The van der Waals surface area contributed by atoms with Gasteiger partial charge in [-0.2, -0.15) is 13.2 Å². The fraction of sp³-hybridized carbons (Fsp3) is 0.0833. The summed E-state index contributed by atoms with van der Waals surface area (Å²) in [6.07, 6.45) is -3.37. The minimum Gasteiger partial charge on any atom is -0.449 e. The van der Waals surface area contributed by atoms with Gasteiger partial charge in [0.1, 0.15) is 5.75 Å². The summed E-state index contributed by atoms with van der Waals surface area (Å²) in [6.45, 7) is 0.0549. The maximum absolute atomic E-state index is 13.0. The number of nitro benzene ring substituents is 1. The number of imide groups is 1. The molecule has 184 valence electrons. The van der Waals surface area contributed by atoms with E-state index in [4.69, 9.17) is 4.74 Å². The van der Waals surface area contributed by atoms with Crippen LogP contribution in [0.25, 0.3) is 6.08 Å². The fourth-order valence-electron chi connectivity index (χ4n) is 3.31. The molecule has 0 aliphatic carbocycles. The molecule has 0 atom stereocenters. The van der Waals surface area contributed by atoms with E-state index in [0.717, 1.165) is 32.8 Å². The Balaban J connectivity index is 1.63. The lowest BCUT2D eigenvalue weighted by molar-refractivity contribution is -0.385. The van der Waals surface area contributed by atoms with E-state index in [1.54, 1.807) is 42.5 Å². The molecule has 1 fully saturated rings. The molecule has 7 nitrogen and oxygen atoms in total. The van der Waals surface area contributed by atoms with Crippen LogP contribution in [-0.2, 0) is 17.5 Å². The SMILES string of the molecule is O=C1S/C(=C\c2ccccc2Oc2ccc(C(F)(F)F)cc2[N+](=O)[O-])C(=O)N1Cc1ccccc1Br. The van der Waals surface area contributed by atoms with Crippen molar-refractivity contribution in [1.29, 1.82) is 0 Å². The minimum atomic E-state index is -4.76. The Hall–Kier alpha value is -3.64. The van der Waals surface area contributed by atoms with Gasteiger partial charge in [-0.15, -0.1) is 0 Å². The molecule has 3 aromatic rings. The molecule has 0 radical (unpaired) electrons. The molecule has 3 aromatic carbocycles. The van der Waals surface area contributed by atoms with E-state index >= 15 is 0 Å². The van der Waals surface area contributed by atoms with Crippen LogP contribution in [0.1, 0.15) is 16.7 Å². The zero-order valence-electron chi connectivity index (χ0n) is 18.0. The number of alkyl halides is 3. The highest BCUT2D eigenvalue weighted by Crippen LogP contribution is 2.40. The minimum absolute atomic E-state index is 0.0537. The number of ether oxygens (including phenoxy) is 1. The molecular weight excluding hydrogens is 565 g/mol. The maximum Gasteiger partial charge on any atom is 0.416 e. The van der Waals surface area contributed by atoms with Gasteiger partial charge in [-0.3, -0.25) is 24.6 Å². The van der Waals surface area contributed by atoms with Crippen LogP contribution < -0.4 is 4.74 Å². The summed E-state index contributed by atoms with van der Waals surface area (Å²) in [5.74, 6) is -0.884. The summed E-state index contributed by atoms with van der Waals surface area (Å²) < 4.78 is 45.3. The van der Waals surface area contributed by atoms with Crippen molar-refractivity contribution in [1.82, 2.24) is 4.90 Å². The number of amides is 2. The molecule has 0 N–H and O–H groups in total. The lowest BCUT2D eigenvalue weighted by Crippen LogP contribution is -2.27. The molecule has 1 heterocycles. The third kappa shape index (κ3) is 5.44. The Bertz CT molecular complexity index is 1410. The van der Waals surface area contributed by atoms with Gasteiger partial charge in [0.05, 0.1) is 21.9 Å². The molecule has 12 heteroatoms. The first-order valence-electron chi connectivity index (χ1n) is 10.2. The highest BCUT2D eigenvalue weighted by Gasteiger charge is 2.36. The molecule has 0 saturated carbocycles. The van der Waals surface area contributed by atoms with Gasteiger partial charge < -0.3 is 4.74 Å². The number of nitro groups is 1. The topological polar surface area (TPSA) is 89.7 Å². The lowest BCUT2D eigenvalue weighted by atomic mass is 10.1. The van der Waals surface area contributed by atoms with E-state index in [1.165, 1.54) is 12.1 Å². The number of thioether (sulfide) groups is 1. The van der Waals surface area contributed by atoms with Crippen molar-refractivity contribution < 1.29 is 32.4 Å². The Kier molecular flexibility index (Phi) is 7.18. The van der Waals surface area contributed by atoms with E-state index in [2.05, 4.69) is 15.9 Å². The zero-order chi connectivity index (χ0) is 26.0. The summed E-state index contributed by atoms with van der Waals surface area (Å²) in [5.41, 5.74) is -1.01. The second-order valence-electron chi connectivity index (χ2n) is 7.44. The Morgan fingerprint density at radius 1 is 1.03 bits per heavy atom. The van der Waals surface area contributed by atoms with Crippen LogP contribution in [0.15, 0.2) is 76.1 Å². The smallest absolute Gasteiger partial charge is 0.416 e. The third-order valence-corrected chi connectivity index (χ3v) is 6.75. The quantitative estimate of drug-likeness (QED) is 0.172. The number of carbonyl (C=O) groups is 2. The van der Waals surface area contributed by atoms with Gasteiger partial charge in [0, 0.05) is 16.1 Å². The monoisotopic (exact) mass is 578 g/mol. The van der Waals surface area contributed by atoms with Crippen molar-refractivity contribution in [2.75, 3.05) is 0 Å². The summed E-state index contributed by atoms with van der Waals surface area (Å²) in [4.78, 5) is 37.1. The molecule has 2 amide bonds. The van der Waals surface area contributed by atoms with Crippen LogP contribution >= 0.6 is 27.7 Å². The molecule has 36 heavy (non-hydrogen) atoms. The van der Waals surface area contributed by atoms with E-state index < -0.39 is 39.2 Å². The molecule has 0 bridgehead atoms. The Morgan fingerprint density at radius 3 is 2.42 bits per heavy atom. The number of hydrogen-bond donors (Lipinski definition) is 0. The summed E-state index contributed by atoms with van der Waals surface area (Å²) >= 11 is 4.11. The zero-order valence-corrected chi connectivity index (χ0v) is 20.4. The fourth-order valence-corrected chi connectivity index (χ4v) is 4.55. The van der Waals surface area contributed by atoms with Crippen molar-refractivity contribution >= 4 is 50.6 Å². The molecule has 0 aromatic heterocycles. The summed E-state index contributed by atoms with van der Waals surface area (Å²) in [7, 11) is 0. The van der Waals surface area contributed by atoms with Gasteiger partial charge in [-0.1, -0.05) is 52.3 Å². The van der Waals surface area contributed by atoms with Crippen LogP contribution in [0.4, 0.5) is 23.7 Å². The van der Waals surface area contributed by atoms with E-state index in [-0.39, 0.29) is 17.2 Å². The average Bonchev–Trinajstić information content (AvgIpc) is 3.08. The number of nitrogens with zero attached hydrogens (tertiary/aromatic N) is 2. The molecule has 1 saturated heterocycles. The predicted octanol–water partition coefficient (Wildman–Crippen LogP) is 7.40. The van der Waals surface area contributed by atoms with Crippen molar-refractivity contribution in [2.45, 2.75) is 12.7 Å². The lowest BCUT2D eigenvalue weighted by Gasteiger charge is -2.13. The Morgan fingerprint density at radius 2 is 1.72 bits per heavy atom. The van der Waals surface area contributed by atoms with Crippen LogP contribution in [0, 0.1) is 10.1 Å². The number of benzene rings is 3. The van der Waals surface area contributed by atoms with Gasteiger partial charge >= 0.3 is 11.9 Å². The molecular formula is C24H14BrF3N2O5S. The van der Waals surface area contributed by atoms with E-state index in [9.17, 15) is 32.9 Å². The highest BCUT2D eigenvalue weighted by molar-refractivity contribution is 9.10. The van der Waals surface area contributed by atoms with Gasteiger partial charge in [0.25, 0.3) is 11.1 Å². The Labute approximate surface area is 214 Å². The van der Waals surface area contributed by atoms with E-state index in [0.29, 0.717) is 17.7 Å². The van der Waals surface area contributed by atoms with Crippen LogP contribution in [0.5, 0.6) is 11.5 Å². The summed E-state index contributed by atoms with van der Waals surface area (Å²) in [5, 5.41) is 10.9. The summed E-state index contributed by atoms with van der Waals surface area (Å²) in [6, 6.07) is 15.3. The first kappa shape index (κ1) is 25.5. The normalized spacial score (nSPS) is 15.0. The molecule has 1 aliphatic rings. The van der Waals surface area contributed by atoms with Gasteiger partial charge in [-0.25, -0.2) is 0 Å². The third-order valence-electron chi connectivity index (χ3n) is 5.07. The average molecular weight is 579 g/mol. The molecule has 4 rings (SSSR count). The number of rotatable bonds is 6. The standard InChI is InChI=1S/C24H14BrF3N2O5S/c25-17-7-3-1-6-15(17)13-29-22(31)21(36-23(29)32)11-14-5-2-4-8-19(14)35-20-10-9-16(24(26,27)28)12-18(20)30(33)34/h1-12H,13H2/b21-11-. The van der Waals surface area contributed by atoms with Crippen LogP contribution in [0.3, 0.4) is 0 Å². The van der Waals surface area contributed by atoms with Crippen molar-refractivity contribution in [2.24, 2.45) is 0 Å². The molecule has 1 aliphatic heterocycles. The van der Waals surface area contributed by atoms with Crippen molar-refractivity contribution in [3.8, 4) is 11.5 Å². The van der Waals surface area contributed by atoms with E-state index in [1.807, 2.05) is 0 Å². The number of carbonyl (C=O) groups excluding carboxylic acids is 2. The van der Waals surface area contributed by atoms with Crippen LogP contribution in [0.2, 0.25) is 0 Å². The van der Waals surface area contributed by atoms with Crippen LogP contribution in [-0.4, -0.2) is 21.0 Å².